The number of aromatic nitrogens is 1. The van der Waals surface area contributed by atoms with Crippen LogP contribution in [0.15, 0.2) is 41.1 Å². The number of methoxy groups -OCH3 is 2. The Morgan fingerprint density at radius 2 is 1.95 bits per heavy atom. The van der Waals surface area contributed by atoms with Crippen molar-refractivity contribution in [1.82, 2.24) is 4.98 Å². The summed E-state index contributed by atoms with van der Waals surface area (Å²) in [6, 6.07) is 7.23. The minimum atomic E-state index is -0.814. The van der Waals surface area contributed by atoms with Gasteiger partial charge in [0.05, 0.1) is 20.4 Å². The van der Waals surface area contributed by atoms with Gasteiger partial charge in [-0.05, 0) is 18.2 Å². The van der Waals surface area contributed by atoms with Crippen molar-refractivity contribution in [3.05, 3.63) is 52.3 Å². The molecular formula is C14H14BrNO3. The molecule has 0 saturated heterocycles. The van der Waals surface area contributed by atoms with Crippen molar-refractivity contribution >= 4 is 15.9 Å². The van der Waals surface area contributed by atoms with E-state index < -0.39 is 6.10 Å². The highest BCUT2D eigenvalue weighted by atomic mass is 79.9. The van der Waals surface area contributed by atoms with Gasteiger partial charge < -0.3 is 14.6 Å². The molecule has 0 aliphatic rings. The first kappa shape index (κ1) is 13.8. The van der Waals surface area contributed by atoms with Gasteiger partial charge in [-0.3, -0.25) is 4.98 Å². The van der Waals surface area contributed by atoms with E-state index in [-0.39, 0.29) is 0 Å². The van der Waals surface area contributed by atoms with E-state index in [2.05, 4.69) is 20.9 Å². The lowest BCUT2D eigenvalue weighted by Gasteiger charge is -2.15. The molecule has 2 aromatic rings. The zero-order valence-electron chi connectivity index (χ0n) is 10.6. The fraction of sp³-hybridized carbons (Fsp3) is 0.214. The van der Waals surface area contributed by atoms with Crippen LogP contribution in [0, 0.1) is 0 Å². The minimum absolute atomic E-state index is 0.604. The zero-order valence-corrected chi connectivity index (χ0v) is 12.2. The molecular weight excluding hydrogens is 310 g/mol. The first-order chi connectivity index (χ1) is 9.15. The van der Waals surface area contributed by atoms with Crippen LogP contribution in [-0.4, -0.2) is 24.3 Å². The van der Waals surface area contributed by atoms with E-state index in [1.165, 1.54) is 0 Å². The van der Waals surface area contributed by atoms with E-state index in [1.54, 1.807) is 32.7 Å². The maximum Gasteiger partial charge on any atom is 0.137 e. The van der Waals surface area contributed by atoms with Gasteiger partial charge in [-0.1, -0.05) is 22.0 Å². The molecule has 0 aliphatic carbocycles. The van der Waals surface area contributed by atoms with E-state index in [1.807, 2.05) is 18.2 Å². The third kappa shape index (κ3) is 3.05. The Hall–Kier alpha value is -1.59. The van der Waals surface area contributed by atoms with E-state index >= 15 is 0 Å². The molecule has 19 heavy (non-hydrogen) atoms. The highest BCUT2D eigenvalue weighted by Gasteiger charge is 2.16. The van der Waals surface area contributed by atoms with Crippen molar-refractivity contribution < 1.29 is 14.6 Å². The number of halogens is 1. The lowest BCUT2D eigenvalue weighted by molar-refractivity contribution is 0.213. The summed E-state index contributed by atoms with van der Waals surface area (Å²) in [5, 5.41) is 10.4. The molecule has 1 aromatic heterocycles. The largest absolute Gasteiger partial charge is 0.496 e. The Morgan fingerprint density at radius 3 is 2.63 bits per heavy atom. The minimum Gasteiger partial charge on any atom is -0.496 e. The highest BCUT2D eigenvalue weighted by Crippen LogP contribution is 2.32. The van der Waals surface area contributed by atoms with Crippen molar-refractivity contribution in [3.63, 3.8) is 0 Å². The second-order valence-corrected chi connectivity index (χ2v) is 4.86. The van der Waals surface area contributed by atoms with Crippen molar-refractivity contribution in [2.75, 3.05) is 14.2 Å². The van der Waals surface area contributed by atoms with Crippen molar-refractivity contribution in [2.24, 2.45) is 0 Å². The molecule has 2 rings (SSSR count). The number of hydrogen-bond donors (Lipinski definition) is 1. The summed E-state index contributed by atoms with van der Waals surface area (Å²) in [7, 11) is 3.13. The summed E-state index contributed by atoms with van der Waals surface area (Å²) in [5.74, 6) is 1.22. The van der Waals surface area contributed by atoms with Crippen molar-refractivity contribution in [3.8, 4) is 11.5 Å². The Balaban J connectivity index is 2.40. The van der Waals surface area contributed by atoms with Crippen LogP contribution in [-0.2, 0) is 0 Å². The molecule has 0 radical (unpaired) electrons. The van der Waals surface area contributed by atoms with Crippen LogP contribution in [0.25, 0.3) is 0 Å². The Bertz CT molecular complexity index is 574. The van der Waals surface area contributed by atoms with Crippen LogP contribution < -0.4 is 9.47 Å². The standard InChI is InChI=1S/C14H14BrNO3/c1-18-11-5-9(7-16-8-11)14(17)12-4-3-10(15)6-13(12)19-2/h3-8,14,17H,1-2H3. The van der Waals surface area contributed by atoms with Gasteiger partial charge in [0.25, 0.3) is 0 Å². The summed E-state index contributed by atoms with van der Waals surface area (Å²) in [4.78, 5) is 4.04. The SMILES string of the molecule is COc1cncc(C(O)c2ccc(Br)cc2OC)c1. The van der Waals surface area contributed by atoms with Crippen LogP contribution in [0.2, 0.25) is 0 Å². The van der Waals surface area contributed by atoms with Crippen molar-refractivity contribution in [2.45, 2.75) is 6.10 Å². The summed E-state index contributed by atoms with van der Waals surface area (Å²) in [6.45, 7) is 0. The summed E-state index contributed by atoms with van der Waals surface area (Å²) >= 11 is 3.37. The molecule has 1 atom stereocenters. The number of benzene rings is 1. The number of pyridine rings is 1. The maximum atomic E-state index is 10.4. The van der Waals surface area contributed by atoms with Crippen LogP contribution in [0.4, 0.5) is 0 Å². The fourth-order valence-electron chi connectivity index (χ4n) is 1.79. The topological polar surface area (TPSA) is 51.6 Å². The average molecular weight is 324 g/mol. The van der Waals surface area contributed by atoms with E-state index in [0.717, 1.165) is 4.47 Å². The molecule has 0 bridgehead atoms. The lowest BCUT2D eigenvalue weighted by Crippen LogP contribution is -2.03. The van der Waals surface area contributed by atoms with Gasteiger partial charge >= 0.3 is 0 Å². The number of aliphatic hydroxyl groups is 1. The summed E-state index contributed by atoms with van der Waals surface area (Å²) in [6.07, 6.45) is 2.38. The molecule has 1 heterocycles. The maximum absolute atomic E-state index is 10.4. The predicted octanol–water partition coefficient (Wildman–Crippen LogP) is 2.94. The predicted molar refractivity (Wildman–Crippen MR) is 75.5 cm³/mol. The number of aliphatic hydroxyl groups excluding tert-OH is 1. The summed E-state index contributed by atoms with van der Waals surface area (Å²) in [5.41, 5.74) is 1.33. The number of rotatable bonds is 4. The average Bonchev–Trinajstić information content (AvgIpc) is 2.46. The van der Waals surface area contributed by atoms with Crippen LogP contribution in [0.1, 0.15) is 17.2 Å². The highest BCUT2D eigenvalue weighted by molar-refractivity contribution is 9.10. The fourth-order valence-corrected chi connectivity index (χ4v) is 2.13. The molecule has 5 heteroatoms. The van der Waals surface area contributed by atoms with E-state index in [9.17, 15) is 5.11 Å². The third-order valence-electron chi connectivity index (χ3n) is 2.78. The molecule has 100 valence electrons. The first-order valence-electron chi connectivity index (χ1n) is 5.66. The normalized spacial score (nSPS) is 12.0. The van der Waals surface area contributed by atoms with Gasteiger partial charge in [-0.15, -0.1) is 0 Å². The molecule has 0 fully saturated rings. The number of hydrogen-bond acceptors (Lipinski definition) is 4. The van der Waals surface area contributed by atoms with Gasteiger partial charge in [0.2, 0.25) is 0 Å². The zero-order chi connectivity index (χ0) is 13.8. The second kappa shape index (κ2) is 6.04. The number of nitrogens with zero attached hydrogens (tertiary/aromatic N) is 1. The third-order valence-corrected chi connectivity index (χ3v) is 3.27. The monoisotopic (exact) mass is 323 g/mol. The second-order valence-electron chi connectivity index (χ2n) is 3.95. The lowest BCUT2D eigenvalue weighted by atomic mass is 10.0. The Morgan fingerprint density at radius 1 is 1.16 bits per heavy atom. The molecule has 1 aromatic carbocycles. The van der Waals surface area contributed by atoms with Crippen LogP contribution in [0.3, 0.4) is 0 Å². The van der Waals surface area contributed by atoms with Gasteiger partial charge in [0.1, 0.15) is 17.6 Å². The molecule has 4 nitrogen and oxygen atoms in total. The quantitative estimate of drug-likeness (QED) is 0.939. The first-order valence-corrected chi connectivity index (χ1v) is 6.45. The molecule has 0 saturated carbocycles. The molecule has 1 N–H and O–H groups in total. The summed E-state index contributed by atoms with van der Waals surface area (Å²) < 4.78 is 11.3. The van der Waals surface area contributed by atoms with E-state index in [0.29, 0.717) is 22.6 Å². The van der Waals surface area contributed by atoms with Crippen molar-refractivity contribution in [1.29, 1.82) is 0 Å². The molecule has 0 amide bonds. The van der Waals surface area contributed by atoms with Gasteiger partial charge in [0.15, 0.2) is 0 Å². The smallest absolute Gasteiger partial charge is 0.137 e. The van der Waals surface area contributed by atoms with Gasteiger partial charge in [-0.25, -0.2) is 0 Å². The van der Waals surface area contributed by atoms with Gasteiger partial charge in [0, 0.05) is 21.8 Å². The molecule has 0 aliphatic heterocycles. The van der Waals surface area contributed by atoms with E-state index in [4.69, 9.17) is 9.47 Å². The van der Waals surface area contributed by atoms with Crippen LogP contribution in [0.5, 0.6) is 11.5 Å². The Kier molecular flexibility index (Phi) is 4.39. The number of ether oxygens (including phenoxy) is 2. The Labute approximate surface area is 120 Å². The van der Waals surface area contributed by atoms with Crippen LogP contribution >= 0.6 is 15.9 Å². The van der Waals surface area contributed by atoms with Gasteiger partial charge in [-0.2, -0.15) is 0 Å². The molecule has 0 spiro atoms. The molecule has 1 unspecified atom stereocenters.